The van der Waals surface area contributed by atoms with E-state index in [0.29, 0.717) is 12.8 Å². The third-order valence-electron chi connectivity index (χ3n) is 3.74. The minimum atomic E-state index is -0.364. The molecule has 0 atom stereocenters. The van der Waals surface area contributed by atoms with Gasteiger partial charge in [0.2, 0.25) is 0 Å². The fourth-order valence-corrected chi connectivity index (χ4v) is 2.81. The zero-order valence-corrected chi connectivity index (χ0v) is 14.0. The molecular formula is C18H26O3. The Labute approximate surface area is 127 Å². The van der Waals surface area contributed by atoms with Crippen molar-refractivity contribution in [3.63, 3.8) is 0 Å². The summed E-state index contributed by atoms with van der Waals surface area (Å²) in [4.78, 5) is 23.7. The number of ketones is 1. The second-order valence-electron chi connectivity index (χ2n) is 6.69. The van der Waals surface area contributed by atoms with Gasteiger partial charge >= 0.3 is 5.97 Å². The molecule has 0 bridgehead atoms. The van der Waals surface area contributed by atoms with Crippen molar-refractivity contribution in [3.8, 4) is 0 Å². The van der Waals surface area contributed by atoms with Gasteiger partial charge in [0, 0.05) is 12.8 Å². The van der Waals surface area contributed by atoms with E-state index in [1.165, 1.54) is 12.7 Å². The van der Waals surface area contributed by atoms with E-state index < -0.39 is 0 Å². The Bertz CT molecular complexity index is 518. The summed E-state index contributed by atoms with van der Waals surface area (Å²) in [6.45, 7) is 10.0. The van der Waals surface area contributed by atoms with Crippen LogP contribution < -0.4 is 0 Å². The van der Waals surface area contributed by atoms with E-state index in [1.807, 2.05) is 27.7 Å². The molecule has 0 fully saturated rings. The molecule has 0 heterocycles. The first-order chi connectivity index (χ1) is 9.64. The zero-order chi connectivity index (χ0) is 16.2. The van der Waals surface area contributed by atoms with Crippen LogP contribution >= 0.6 is 0 Å². The first-order valence-electron chi connectivity index (χ1n) is 7.30. The number of aryl methyl sites for hydroxylation is 3. The summed E-state index contributed by atoms with van der Waals surface area (Å²) in [7, 11) is 1.37. The Morgan fingerprint density at radius 3 is 2.05 bits per heavy atom. The molecule has 3 nitrogen and oxygen atoms in total. The predicted molar refractivity (Wildman–Crippen MR) is 84.4 cm³/mol. The number of carbonyl (C=O) groups is 2. The van der Waals surface area contributed by atoms with Crippen molar-refractivity contribution in [2.24, 2.45) is 5.41 Å². The van der Waals surface area contributed by atoms with Gasteiger partial charge in [0.25, 0.3) is 0 Å². The van der Waals surface area contributed by atoms with Crippen LogP contribution in [0.4, 0.5) is 0 Å². The number of hydrogen-bond acceptors (Lipinski definition) is 3. The van der Waals surface area contributed by atoms with Gasteiger partial charge in [0.1, 0.15) is 5.78 Å². The highest BCUT2D eigenvalue weighted by molar-refractivity contribution is 5.83. The fraction of sp³-hybridized carbons (Fsp3) is 0.556. The molecule has 0 amide bonds. The quantitative estimate of drug-likeness (QED) is 0.750. The van der Waals surface area contributed by atoms with E-state index in [0.717, 1.165) is 16.7 Å². The fourth-order valence-electron chi connectivity index (χ4n) is 2.81. The zero-order valence-electron chi connectivity index (χ0n) is 14.0. The molecule has 0 aliphatic carbocycles. The van der Waals surface area contributed by atoms with Gasteiger partial charge in [-0.25, -0.2) is 0 Å². The molecule has 1 rings (SSSR count). The van der Waals surface area contributed by atoms with Gasteiger partial charge in [-0.05, 0) is 42.9 Å². The summed E-state index contributed by atoms with van der Waals surface area (Å²) < 4.78 is 4.69. The highest BCUT2D eigenvalue weighted by atomic mass is 16.5. The summed E-state index contributed by atoms with van der Waals surface area (Å²) in [5.74, 6) is -0.102. The van der Waals surface area contributed by atoms with E-state index in [9.17, 15) is 9.59 Å². The van der Waals surface area contributed by atoms with E-state index in [1.54, 1.807) is 0 Å². The molecular weight excluding hydrogens is 264 g/mol. The van der Waals surface area contributed by atoms with Crippen LogP contribution in [0.1, 0.15) is 48.9 Å². The van der Waals surface area contributed by atoms with E-state index in [4.69, 9.17) is 0 Å². The number of carbonyl (C=O) groups excluding carboxylic acids is 2. The topological polar surface area (TPSA) is 43.4 Å². The van der Waals surface area contributed by atoms with Crippen LogP contribution in [0.15, 0.2) is 12.1 Å². The third kappa shape index (κ3) is 5.33. The largest absolute Gasteiger partial charge is 0.469 e. The molecule has 21 heavy (non-hydrogen) atoms. The summed E-state index contributed by atoms with van der Waals surface area (Å²) in [5.41, 5.74) is 4.28. The molecule has 0 aliphatic heterocycles. The van der Waals surface area contributed by atoms with Gasteiger partial charge in [-0.2, -0.15) is 0 Å². The Morgan fingerprint density at radius 2 is 1.57 bits per heavy atom. The molecule has 0 aliphatic rings. The summed E-state index contributed by atoms with van der Waals surface area (Å²) in [5, 5.41) is 0. The number of rotatable bonds is 6. The van der Waals surface area contributed by atoms with E-state index in [2.05, 4.69) is 23.8 Å². The van der Waals surface area contributed by atoms with Gasteiger partial charge < -0.3 is 4.74 Å². The first-order valence-corrected chi connectivity index (χ1v) is 7.30. The van der Waals surface area contributed by atoms with Crippen molar-refractivity contribution in [1.82, 2.24) is 0 Å². The highest BCUT2D eigenvalue weighted by Crippen LogP contribution is 2.27. The lowest BCUT2D eigenvalue weighted by molar-refractivity contribution is -0.143. The van der Waals surface area contributed by atoms with Crippen molar-refractivity contribution in [1.29, 1.82) is 0 Å². The van der Waals surface area contributed by atoms with E-state index in [-0.39, 0.29) is 23.6 Å². The summed E-state index contributed by atoms with van der Waals surface area (Å²) >= 11 is 0. The predicted octanol–water partition coefficient (Wildman–Crippen LogP) is 3.70. The van der Waals surface area contributed by atoms with Crippen LogP contribution in [-0.2, 0) is 20.7 Å². The SMILES string of the molecule is COC(=O)CC(C)(C)CC(=O)Cc1c(C)cc(C)cc1C. The number of Topliss-reactive ketones (excluding diaryl/α,β-unsaturated/α-hetero) is 1. The molecule has 1 aromatic carbocycles. The maximum atomic E-state index is 12.3. The van der Waals surface area contributed by atoms with Crippen LogP contribution in [0.5, 0.6) is 0 Å². The molecule has 3 heteroatoms. The number of hydrogen-bond donors (Lipinski definition) is 0. The van der Waals surface area contributed by atoms with Crippen LogP contribution in [0.25, 0.3) is 0 Å². The average Bonchev–Trinajstić information content (AvgIpc) is 2.32. The number of methoxy groups -OCH3 is 1. The van der Waals surface area contributed by atoms with Crippen molar-refractivity contribution in [2.45, 2.75) is 53.9 Å². The maximum Gasteiger partial charge on any atom is 0.306 e. The number of benzene rings is 1. The number of ether oxygens (including phenoxy) is 1. The van der Waals surface area contributed by atoms with Crippen molar-refractivity contribution < 1.29 is 14.3 Å². The van der Waals surface area contributed by atoms with Gasteiger partial charge in [0.15, 0.2) is 0 Å². The molecule has 0 saturated heterocycles. The molecule has 0 aromatic heterocycles. The van der Waals surface area contributed by atoms with Gasteiger partial charge in [-0.15, -0.1) is 0 Å². The van der Waals surface area contributed by atoms with Crippen LogP contribution in [0.3, 0.4) is 0 Å². The lowest BCUT2D eigenvalue weighted by Crippen LogP contribution is -2.23. The second kappa shape index (κ2) is 6.88. The maximum absolute atomic E-state index is 12.3. The van der Waals surface area contributed by atoms with Crippen molar-refractivity contribution in [2.75, 3.05) is 7.11 Å². The smallest absolute Gasteiger partial charge is 0.306 e. The Kier molecular flexibility index (Phi) is 5.70. The molecule has 0 saturated carbocycles. The van der Waals surface area contributed by atoms with Crippen LogP contribution in [0, 0.1) is 26.2 Å². The minimum absolute atomic E-state index is 0.166. The van der Waals surface area contributed by atoms with E-state index >= 15 is 0 Å². The number of esters is 1. The molecule has 0 spiro atoms. The van der Waals surface area contributed by atoms with Gasteiger partial charge in [-0.3, -0.25) is 9.59 Å². The van der Waals surface area contributed by atoms with Crippen LogP contribution in [-0.4, -0.2) is 18.9 Å². The molecule has 1 aromatic rings. The minimum Gasteiger partial charge on any atom is -0.469 e. The summed E-state index contributed by atoms with van der Waals surface area (Å²) in [6, 6.07) is 4.21. The Balaban J connectivity index is 2.76. The monoisotopic (exact) mass is 290 g/mol. The van der Waals surface area contributed by atoms with Crippen molar-refractivity contribution >= 4 is 11.8 Å². The van der Waals surface area contributed by atoms with Crippen molar-refractivity contribution in [3.05, 3.63) is 34.4 Å². The van der Waals surface area contributed by atoms with Crippen LogP contribution in [0.2, 0.25) is 0 Å². The molecule has 0 unspecified atom stereocenters. The standard InChI is InChI=1S/C18H26O3/c1-12-7-13(2)16(14(3)8-12)9-15(19)10-18(4,5)11-17(20)21-6/h7-8H,9-11H2,1-6H3. The molecule has 116 valence electrons. The highest BCUT2D eigenvalue weighted by Gasteiger charge is 2.26. The third-order valence-corrected chi connectivity index (χ3v) is 3.74. The Morgan fingerprint density at radius 1 is 1.05 bits per heavy atom. The normalized spacial score (nSPS) is 11.3. The second-order valence-corrected chi connectivity index (χ2v) is 6.69. The average molecular weight is 290 g/mol. The van der Waals surface area contributed by atoms with Gasteiger partial charge in [0.05, 0.1) is 13.5 Å². The molecule has 0 radical (unpaired) electrons. The van der Waals surface area contributed by atoms with Gasteiger partial charge in [-0.1, -0.05) is 31.5 Å². The summed E-state index contributed by atoms with van der Waals surface area (Å²) in [6.07, 6.45) is 1.08. The molecule has 0 N–H and O–H groups in total. The Hall–Kier alpha value is -1.64. The lowest BCUT2D eigenvalue weighted by atomic mass is 9.82. The first kappa shape index (κ1) is 17.4. The lowest BCUT2D eigenvalue weighted by Gasteiger charge is -2.22.